The summed E-state index contributed by atoms with van der Waals surface area (Å²) in [7, 11) is 0. The molecule has 4 heteroatoms. The third-order valence-corrected chi connectivity index (χ3v) is 2.27. The molecular weight excluding hydrogens is 202 g/mol. The second-order valence-electron chi connectivity index (χ2n) is 3.38. The van der Waals surface area contributed by atoms with Gasteiger partial charge in [0.1, 0.15) is 0 Å². The highest BCUT2D eigenvalue weighted by molar-refractivity contribution is 5.94. The Kier molecular flexibility index (Phi) is 3.00. The van der Waals surface area contributed by atoms with Crippen LogP contribution in [-0.4, -0.2) is 22.0 Å². The summed E-state index contributed by atoms with van der Waals surface area (Å²) >= 11 is 0. The largest absolute Gasteiger partial charge is 0.352 e. The maximum atomic E-state index is 11.5. The van der Waals surface area contributed by atoms with Crippen molar-refractivity contribution >= 4 is 5.91 Å². The molecule has 0 aliphatic carbocycles. The van der Waals surface area contributed by atoms with Crippen molar-refractivity contribution < 1.29 is 4.79 Å². The maximum Gasteiger partial charge on any atom is 0.251 e. The SMILES string of the molecule is CCNC(=O)c1ccc(-n2ccnc2)cc1. The van der Waals surface area contributed by atoms with Crippen molar-refractivity contribution in [1.82, 2.24) is 14.9 Å². The molecule has 0 aliphatic rings. The Morgan fingerprint density at radius 3 is 2.69 bits per heavy atom. The van der Waals surface area contributed by atoms with Crippen LogP contribution in [-0.2, 0) is 0 Å². The third-order valence-electron chi connectivity index (χ3n) is 2.27. The molecule has 4 nitrogen and oxygen atoms in total. The number of carbonyl (C=O) groups is 1. The summed E-state index contributed by atoms with van der Waals surface area (Å²) in [5.41, 5.74) is 1.66. The number of rotatable bonds is 3. The highest BCUT2D eigenvalue weighted by Crippen LogP contribution is 2.08. The average Bonchev–Trinajstić information content (AvgIpc) is 2.83. The first-order valence-corrected chi connectivity index (χ1v) is 5.18. The zero-order chi connectivity index (χ0) is 11.4. The van der Waals surface area contributed by atoms with Gasteiger partial charge in [-0.05, 0) is 31.2 Å². The summed E-state index contributed by atoms with van der Waals surface area (Å²) < 4.78 is 1.89. The predicted octanol–water partition coefficient (Wildman–Crippen LogP) is 1.62. The quantitative estimate of drug-likeness (QED) is 0.845. The molecule has 1 aromatic heterocycles. The van der Waals surface area contributed by atoms with Gasteiger partial charge in [0.2, 0.25) is 0 Å². The van der Waals surface area contributed by atoms with Gasteiger partial charge in [-0.3, -0.25) is 4.79 Å². The highest BCUT2D eigenvalue weighted by atomic mass is 16.1. The van der Waals surface area contributed by atoms with E-state index in [0.717, 1.165) is 5.69 Å². The normalized spacial score (nSPS) is 10.1. The van der Waals surface area contributed by atoms with Crippen LogP contribution in [0.1, 0.15) is 17.3 Å². The van der Waals surface area contributed by atoms with E-state index in [1.54, 1.807) is 24.7 Å². The first-order chi connectivity index (χ1) is 7.81. The molecule has 1 amide bonds. The van der Waals surface area contributed by atoms with Crippen LogP contribution in [0.3, 0.4) is 0 Å². The second-order valence-corrected chi connectivity index (χ2v) is 3.38. The van der Waals surface area contributed by atoms with Crippen molar-refractivity contribution in [2.75, 3.05) is 6.54 Å². The molecule has 82 valence electrons. The molecule has 16 heavy (non-hydrogen) atoms. The van der Waals surface area contributed by atoms with Crippen LogP contribution in [0, 0.1) is 0 Å². The van der Waals surface area contributed by atoms with E-state index in [0.29, 0.717) is 12.1 Å². The van der Waals surface area contributed by atoms with Gasteiger partial charge in [-0.1, -0.05) is 0 Å². The monoisotopic (exact) mass is 215 g/mol. The van der Waals surface area contributed by atoms with Gasteiger partial charge in [-0.25, -0.2) is 4.98 Å². The molecule has 2 rings (SSSR count). The van der Waals surface area contributed by atoms with Crippen LogP contribution in [0.5, 0.6) is 0 Å². The standard InChI is InChI=1S/C12H13N3O/c1-2-14-12(16)10-3-5-11(6-4-10)15-8-7-13-9-15/h3-9H,2H2,1H3,(H,14,16). The van der Waals surface area contributed by atoms with Gasteiger partial charge in [0.15, 0.2) is 0 Å². The average molecular weight is 215 g/mol. The Hall–Kier alpha value is -2.10. The van der Waals surface area contributed by atoms with Crippen LogP contribution in [0.15, 0.2) is 43.0 Å². The summed E-state index contributed by atoms with van der Waals surface area (Å²) in [5.74, 6) is -0.0420. The number of aromatic nitrogens is 2. The topological polar surface area (TPSA) is 46.9 Å². The molecule has 0 radical (unpaired) electrons. The van der Waals surface area contributed by atoms with E-state index in [2.05, 4.69) is 10.3 Å². The summed E-state index contributed by atoms with van der Waals surface area (Å²) in [6.45, 7) is 2.54. The van der Waals surface area contributed by atoms with Gasteiger partial charge in [-0.2, -0.15) is 0 Å². The number of nitrogens with zero attached hydrogens (tertiary/aromatic N) is 2. The molecule has 0 saturated carbocycles. The lowest BCUT2D eigenvalue weighted by molar-refractivity contribution is 0.0956. The van der Waals surface area contributed by atoms with Crippen LogP contribution in [0.4, 0.5) is 0 Å². The molecule has 0 unspecified atom stereocenters. The van der Waals surface area contributed by atoms with Crippen LogP contribution >= 0.6 is 0 Å². The molecule has 1 aromatic carbocycles. The molecule has 0 fully saturated rings. The van der Waals surface area contributed by atoms with Crippen LogP contribution in [0.2, 0.25) is 0 Å². The molecule has 0 atom stereocenters. The molecule has 0 aliphatic heterocycles. The summed E-state index contributed by atoms with van der Waals surface area (Å²) in [6.07, 6.45) is 5.31. The van der Waals surface area contributed by atoms with E-state index in [4.69, 9.17) is 0 Å². The van der Waals surface area contributed by atoms with Gasteiger partial charge in [0.05, 0.1) is 6.33 Å². The zero-order valence-electron chi connectivity index (χ0n) is 9.05. The number of hydrogen-bond acceptors (Lipinski definition) is 2. The van der Waals surface area contributed by atoms with E-state index in [9.17, 15) is 4.79 Å². The lowest BCUT2D eigenvalue weighted by Crippen LogP contribution is -2.22. The van der Waals surface area contributed by atoms with Crippen molar-refractivity contribution in [1.29, 1.82) is 0 Å². The molecule has 0 saturated heterocycles. The molecule has 0 bridgehead atoms. The fourth-order valence-electron chi connectivity index (χ4n) is 1.46. The molecule has 2 aromatic rings. The predicted molar refractivity (Wildman–Crippen MR) is 61.6 cm³/mol. The van der Waals surface area contributed by atoms with Crippen molar-refractivity contribution in [2.24, 2.45) is 0 Å². The van der Waals surface area contributed by atoms with E-state index >= 15 is 0 Å². The Labute approximate surface area is 93.9 Å². The van der Waals surface area contributed by atoms with Gasteiger partial charge in [0, 0.05) is 30.2 Å². The first-order valence-electron chi connectivity index (χ1n) is 5.18. The van der Waals surface area contributed by atoms with Crippen LogP contribution < -0.4 is 5.32 Å². The number of imidazole rings is 1. The van der Waals surface area contributed by atoms with Gasteiger partial charge in [0.25, 0.3) is 5.91 Å². The fraction of sp³-hybridized carbons (Fsp3) is 0.167. The summed E-state index contributed by atoms with van der Waals surface area (Å²) in [4.78, 5) is 15.5. The summed E-state index contributed by atoms with van der Waals surface area (Å²) in [5, 5.41) is 2.76. The summed E-state index contributed by atoms with van der Waals surface area (Å²) in [6, 6.07) is 7.40. The maximum absolute atomic E-state index is 11.5. The molecule has 1 N–H and O–H groups in total. The molecular formula is C12H13N3O. The van der Waals surface area contributed by atoms with Gasteiger partial charge >= 0.3 is 0 Å². The number of amides is 1. The number of carbonyl (C=O) groups excluding carboxylic acids is 1. The minimum Gasteiger partial charge on any atom is -0.352 e. The Morgan fingerprint density at radius 1 is 1.38 bits per heavy atom. The number of benzene rings is 1. The Bertz CT molecular complexity index is 460. The molecule has 0 spiro atoms. The smallest absolute Gasteiger partial charge is 0.251 e. The third kappa shape index (κ3) is 2.11. The van der Waals surface area contributed by atoms with Crippen molar-refractivity contribution in [2.45, 2.75) is 6.92 Å². The second kappa shape index (κ2) is 4.61. The lowest BCUT2D eigenvalue weighted by Gasteiger charge is -2.04. The highest BCUT2D eigenvalue weighted by Gasteiger charge is 2.03. The zero-order valence-corrected chi connectivity index (χ0v) is 9.05. The van der Waals surface area contributed by atoms with Gasteiger partial charge < -0.3 is 9.88 Å². The van der Waals surface area contributed by atoms with Crippen molar-refractivity contribution in [3.05, 3.63) is 48.5 Å². The van der Waals surface area contributed by atoms with Gasteiger partial charge in [-0.15, -0.1) is 0 Å². The number of nitrogens with one attached hydrogen (secondary N) is 1. The fourth-order valence-corrected chi connectivity index (χ4v) is 1.46. The van der Waals surface area contributed by atoms with Crippen molar-refractivity contribution in [3.8, 4) is 5.69 Å². The van der Waals surface area contributed by atoms with Crippen LogP contribution in [0.25, 0.3) is 5.69 Å². The van der Waals surface area contributed by atoms with E-state index in [1.165, 1.54) is 0 Å². The minimum atomic E-state index is -0.0420. The van der Waals surface area contributed by atoms with E-state index in [-0.39, 0.29) is 5.91 Å². The molecule has 1 heterocycles. The Morgan fingerprint density at radius 2 is 2.12 bits per heavy atom. The Balaban J connectivity index is 2.20. The first kappa shape index (κ1) is 10.4. The number of hydrogen-bond donors (Lipinski definition) is 1. The minimum absolute atomic E-state index is 0.0420. The van der Waals surface area contributed by atoms with E-state index in [1.807, 2.05) is 29.8 Å². The lowest BCUT2D eigenvalue weighted by atomic mass is 10.2. The van der Waals surface area contributed by atoms with Crippen molar-refractivity contribution in [3.63, 3.8) is 0 Å². The van der Waals surface area contributed by atoms with E-state index < -0.39 is 0 Å².